The second-order valence-corrected chi connectivity index (χ2v) is 5.93. The average Bonchev–Trinajstić information content (AvgIpc) is 2.97. The van der Waals surface area contributed by atoms with Gasteiger partial charge in [0.25, 0.3) is 0 Å². The fourth-order valence-electron chi connectivity index (χ4n) is 3.37. The van der Waals surface area contributed by atoms with Gasteiger partial charge in [-0.1, -0.05) is 12.1 Å². The number of nitrogens with one attached hydrogen (secondary N) is 1. The van der Waals surface area contributed by atoms with Crippen LogP contribution in [-0.4, -0.2) is 37.4 Å². The highest BCUT2D eigenvalue weighted by Crippen LogP contribution is 2.33. The van der Waals surface area contributed by atoms with E-state index in [1.54, 1.807) is 12.1 Å². The second-order valence-electron chi connectivity index (χ2n) is 5.93. The fourth-order valence-corrected chi connectivity index (χ4v) is 3.37. The van der Waals surface area contributed by atoms with Crippen molar-refractivity contribution in [2.45, 2.75) is 19.3 Å². The van der Waals surface area contributed by atoms with E-state index in [-0.39, 0.29) is 24.2 Å². The van der Waals surface area contributed by atoms with Crippen LogP contribution in [0.15, 0.2) is 24.3 Å². The quantitative estimate of drug-likeness (QED) is 0.917. The molecular weight excluding hydrogens is 317 g/mol. The van der Waals surface area contributed by atoms with Crippen LogP contribution in [-0.2, 0) is 0 Å². The summed E-state index contributed by atoms with van der Waals surface area (Å²) in [4.78, 5) is 2.41. The van der Waals surface area contributed by atoms with Gasteiger partial charge in [-0.3, -0.25) is 4.90 Å². The first kappa shape index (κ1) is 17.4. The lowest BCUT2D eigenvalue weighted by atomic mass is 10.0. The lowest BCUT2D eigenvalue weighted by molar-refractivity contribution is -0.274. The van der Waals surface area contributed by atoms with Crippen LogP contribution in [0.2, 0.25) is 0 Å². The first-order valence-electron chi connectivity index (χ1n) is 7.23. The Labute approximate surface area is 134 Å². The van der Waals surface area contributed by atoms with Crippen molar-refractivity contribution in [1.29, 1.82) is 0 Å². The molecular formula is C15H20ClF3N2O. The molecule has 0 bridgehead atoms. The smallest absolute Gasteiger partial charge is 0.406 e. The molecule has 3 nitrogen and oxygen atoms in total. The van der Waals surface area contributed by atoms with Crippen LogP contribution in [0.4, 0.5) is 13.2 Å². The summed E-state index contributed by atoms with van der Waals surface area (Å²) in [5.41, 5.74) is 1.03. The third-order valence-corrected chi connectivity index (χ3v) is 4.56. The van der Waals surface area contributed by atoms with Crippen LogP contribution in [0.5, 0.6) is 5.75 Å². The van der Waals surface area contributed by atoms with Crippen molar-refractivity contribution in [3.05, 3.63) is 29.8 Å². The zero-order valence-electron chi connectivity index (χ0n) is 12.3. The molecule has 2 saturated heterocycles. The summed E-state index contributed by atoms with van der Waals surface area (Å²) in [6.07, 6.45) is -4.63. The molecule has 2 aliphatic rings. The van der Waals surface area contributed by atoms with Crippen LogP contribution in [0.3, 0.4) is 0 Å². The average molecular weight is 337 g/mol. The molecule has 0 aliphatic carbocycles. The number of fused-ring (bicyclic) bond motifs is 1. The van der Waals surface area contributed by atoms with Crippen LogP contribution in [0, 0.1) is 11.8 Å². The van der Waals surface area contributed by atoms with E-state index in [0.717, 1.165) is 31.7 Å². The summed E-state index contributed by atoms with van der Waals surface area (Å²) in [6, 6.07) is 6.43. The van der Waals surface area contributed by atoms with Crippen molar-refractivity contribution in [2.75, 3.05) is 26.2 Å². The van der Waals surface area contributed by atoms with E-state index in [1.807, 2.05) is 0 Å². The van der Waals surface area contributed by atoms with Gasteiger partial charge < -0.3 is 10.1 Å². The summed E-state index contributed by atoms with van der Waals surface area (Å²) < 4.78 is 40.3. The largest absolute Gasteiger partial charge is 0.573 e. The SMILES string of the molecule is CC(c1ccc(OC(F)(F)F)cc1)N1C[C@H]2CNC[C@H]2C1.Cl. The number of nitrogens with zero attached hydrogens (tertiary/aromatic N) is 1. The van der Waals surface area contributed by atoms with Crippen molar-refractivity contribution in [3.63, 3.8) is 0 Å². The van der Waals surface area contributed by atoms with Crippen molar-refractivity contribution in [3.8, 4) is 5.75 Å². The number of alkyl halides is 3. The van der Waals surface area contributed by atoms with Gasteiger partial charge in [-0.15, -0.1) is 25.6 Å². The molecule has 1 unspecified atom stereocenters. The lowest BCUT2D eigenvalue weighted by Gasteiger charge is -2.25. The van der Waals surface area contributed by atoms with Crippen molar-refractivity contribution >= 4 is 12.4 Å². The van der Waals surface area contributed by atoms with Gasteiger partial charge in [-0.2, -0.15) is 0 Å². The van der Waals surface area contributed by atoms with Gasteiger partial charge in [0, 0.05) is 19.1 Å². The normalized spacial score (nSPS) is 26.4. The minimum Gasteiger partial charge on any atom is -0.406 e. The maximum absolute atomic E-state index is 12.1. The van der Waals surface area contributed by atoms with Crippen LogP contribution >= 0.6 is 12.4 Å². The lowest BCUT2D eigenvalue weighted by Crippen LogP contribution is -2.28. The van der Waals surface area contributed by atoms with Crippen molar-refractivity contribution in [2.24, 2.45) is 11.8 Å². The van der Waals surface area contributed by atoms with Gasteiger partial charge in [-0.25, -0.2) is 0 Å². The highest BCUT2D eigenvalue weighted by molar-refractivity contribution is 5.85. The van der Waals surface area contributed by atoms with Crippen LogP contribution < -0.4 is 10.1 Å². The third-order valence-electron chi connectivity index (χ3n) is 4.56. The summed E-state index contributed by atoms with van der Waals surface area (Å²) >= 11 is 0. The first-order valence-corrected chi connectivity index (χ1v) is 7.23. The van der Waals surface area contributed by atoms with E-state index >= 15 is 0 Å². The predicted molar refractivity (Wildman–Crippen MR) is 80.2 cm³/mol. The van der Waals surface area contributed by atoms with Gasteiger partial charge in [0.1, 0.15) is 5.75 Å². The maximum Gasteiger partial charge on any atom is 0.573 e. The molecule has 2 fully saturated rings. The number of ether oxygens (including phenoxy) is 1. The maximum atomic E-state index is 12.1. The van der Waals surface area contributed by atoms with Crippen LogP contribution in [0.25, 0.3) is 0 Å². The topological polar surface area (TPSA) is 24.5 Å². The van der Waals surface area contributed by atoms with Gasteiger partial charge >= 0.3 is 6.36 Å². The highest BCUT2D eigenvalue weighted by Gasteiger charge is 2.38. The van der Waals surface area contributed by atoms with Gasteiger partial charge in [0.05, 0.1) is 0 Å². The first-order chi connectivity index (χ1) is 9.92. The standard InChI is InChI=1S/C15H19F3N2O.ClH/c1-10(20-8-12-6-19-7-13(12)9-20)11-2-4-14(5-3-11)21-15(16,17)18;/h2-5,10,12-13,19H,6-9H2,1H3;1H/t10?,12-,13+;. The molecule has 2 heterocycles. The molecule has 1 aromatic rings. The molecule has 1 aromatic carbocycles. The number of halogens is 4. The van der Waals surface area contributed by atoms with E-state index < -0.39 is 6.36 Å². The Morgan fingerprint density at radius 2 is 1.68 bits per heavy atom. The fraction of sp³-hybridized carbons (Fsp3) is 0.600. The molecule has 0 spiro atoms. The Hall–Kier alpha value is -0.980. The van der Waals surface area contributed by atoms with Gasteiger partial charge in [-0.05, 0) is 49.5 Å². The molecule has 0 amide bonds. The Bertz CT molecular complexity index is 483. The zero-order valence-corrected chi connectivity index (χ0v) is 13.1. The van der Waals surface area contributed by atoms with E-state index in [9.17, 15) is 13.2 Å². The minimum absolute atomic E-state index is 0. The highest BCUT2D eigenvalue weighted by atomic mass is 35.5. The van der Waals surface area contributed by atoms with E-state index in [0.29, 0.717) is 11.8 Å². The number of benzene rings is 1. The summed E-state index contributed by atoms with van der Waals surface area (Å²) in [5.74, 6) is 1.25. The number of rotatable bonds is 3. The molecule has 7 heteroatoms. The molecule has 3 rings (SSSR count). The second kappa shape index (κ2) is 6.64. The summed E-state index contributed by atoms with van der Waals surface area (Å²) in [6.45, 7) is 6.37. The van der Waals surface area contributed by atoms with Crippen molar-refractivity contribution in [1.82, 2.24) is 10.2 Å². The van der Waals surface area contributed by atoms with Gasteiger partial charge in [0.15, 0.2) is 0 Å². The van der Waals surface area contributed by atoms with E-state index in [4.69, 9.17) is 0 Å². The Morgan fingerprint density at radius 3 is 2.18 bits per heavy atom. The summed E-state index contributed by atoms with van der Waals surface area (Å²) in [5, 5.41) is 3.40. The zero-order chi connectivity index (χ0) is 15.0. The summed E-state index contributed by atoms with van der Waals surface area (Å²) in [7, 11) is 0. The van der Waals surface area contributed by atoms with Crippen LogP contribution in [0.1, 0.15) is 18.5 Å². The Morgan fingerprint density at radius 1 is 1.14 bits per heavy atom. The predicted octanol–water partition coefficient (Wildman–Crippen LogP) is 3.22. The molecule has 22 heavy (non-hydrogen) atoms. The number of hydrogen-bond donors (Lipinski definition) is 1. The third kappa shape index (κ3) is 3.86. The Kier molecular flexibility index (Phi) is 5.25. The number of hydrogen-bond acceptors (Lipinski definition) is 3. The minimum atomic E-state index is -4.63. The molecule has 2 aliphatic heterocycles. The Balaban J connectivity index is 0.00000176. The van der Waals surface area contributed by atoms with Crippen molar-refractivity contribution < 1.29 is 17.9 Å². The van der Waals surface area contributed by atoms with E-state index in [2.05, 4.69) is 21.9 Å². The molecule has 1 N–H and O–H groups in total. The molecule has 0 radical (unpaired) electrons. The molecule has 124 valence electrons. The number of likely N-dealkylation sites (tertiary alicyclic amines) is 1. The van der Waals surface area contributed by atoms with Gasteiger partial charge in [0.2, 0.25) is 0 Å². The molecule has 0 aromatic heterocycles. The van der Waals surface area contributed by atoms with E-state index in [1.165, 1.54) is 12.1 Å². The molecule has 0 saturated carbocycles. The monoisotopic (exact) mass is 336 g/mol. The molecule has 3 atom stereocenters.